The van der Waals surface area contributed by atoms with Crippen molar-refractivity contribution in [3.05, 3.63) is 91.3 Å². The Morgan fingerprint density at radius 2 is 1.59 bits per heavy atom. The molecule has 34 heavy (non-hydrogen) atoms. The topological polar surface area (TPSA) is 44.3 Å². The molecule has 1 fully saturated rings. The van der Waals surface area contributed by atoms with E-state index in [0.29, 0.717) is 0 Å². The number of aromatic nitrogens is 2. The number of likely N-dealkylation sites (N-methyl/N-ethyl adjacent to an activating group) is 1. The molecule has 0 aliphatic carbocycles. The first-order valence-corrected chi connectivity index (χ1v) is 11.8. The maximum absolute atomic E-state index is 4.64. The van der Waals surface area contributed by atoms with E-state index in [9.17, 15) is 0 Å². The zero-order chi connectivity index (χ0) is 22.9. The van der Waals surface area contributed by atoms with E-state index in [1.807, 2.05) is 24.5 Å². The number of anilines is 3. The number of pyridine rings is 2. The summed E-state index contributed by atoms with van der Waals surface area (Å²) in [7, 11) is 2.19. The second kappa shape index (κ2) is 8.76. The van der Waals surface area contributed by atoms with Gasteiger partial charge in [-0.2, -0.15) is 0 Å². The molecule has 5 nitrogen and oxygen atoms in total. The van der Waals surface area contributed by atoms with Crippen molar-refractivity contribution in [3.8, 4) is 11.1 Å². The van der Waals surface area contributed by atoms with E-state index in [1.54, 1.807) is 0 Å². The SMILES string of the molecule is CN1CCN(c2ccc(Nc3ccnc4ccc(-c5cccc6cccnc56)cc34)cc2)CC1. The van der Waals surface area contributed by atoms with E-state index in [1.165, 1.54) is 5.69 Å². The van der Waals surface area contributed by atoms with Crippen molar-refractivity contribution in [2.24, 2.45) is 0 Å². The van der Waals surface area contributed by atoms with Gasteiger partial charge in [-0.15, -0.1) is 0 Å². The molecule has 3 heterocycles. The number of fused-ring (bicyclic) bond motifs is 2. The number of nitrogens with zero attached hydrogens (tertiary/aromatic N) is 4. The molecule has 1 saturated heterocycles. The highest BCUT2D eigenvalue weighted by atomic mass is 15.2. The van der Waals surface area contributed by atoms with Crippen LogP contribution in [0.2, 0.25) is 0 Å². The fraction of sp³-hybridized carbons (Fsp3) is 0.172. The summed E-state index contributed by atoms with van der Waals surface area (Å²) in [5.41, 5.74) is 7.65. The average Bonchev–Trinajstić information content (AvgIpc) is 2.89. The van der Waals surface area contributed by atoms with Crippen molar-refractivity contribution in [1.29, 1.82) is 0 Å². The van der Waals surface area contributed by atoms with Crippen LogP contribution in [0.4, 0.5) is 17.1 Å². The highest BCUT2D eigenvalue weighted by Gasteiger charge is 2.14. The van der Waals surface area contributed by atoms with E-state index >= 15 is 0 Å². The van der Waals surface area contributed by atoms with E-state index in [2.05, 4.69) is 98.9 Å². The van der Waals surface area contributed by atoms with Gasteiger partial charge in [-0.25, -0.2) is 0 Å². The molecule has 5 heteroatoms. The lowest BCUT2D eigenvalue weighted by molar-refractivity contribution is 0.313. The van der Waals surface area contributed by atoms with E-state index in [4.69, 9.17) is 0 Å². The van der Waals surface area contributed by atoms with Crippen molar-refractivity contribution < 1.29 is 0 Å². The van der Waals surface area contributed by atoms with Gasteiger partial charge in [0.1, 0.15) is 0 Å². The highest BCUT2D eigenvalue weighted by molar-refractivity contribution is 5.99. The Morgan fingerprint density at radius 3 is 2.44 bits per heavy atom. The summed E-state index contributed by atoms with van der Waals surface area (Å²) in [5.74, 6) is 0. The molecule has 1 aliphatic rings. The Balaban J connectivity index is 1.32. The van der Waals surface area contributed by atoms with Gasteiger partial charge in [-0.3, -0.25) is 9.97 Å². The first kappa shape index (κ1) is 20.6. The molecule has 0 unspecified atom stereocenters. The van der Waals surface area contributed by atoms with Gasteiger partial charge in [0.15, 0.2) is 0 Å². The molecule has 168 valence electrons. The van der Waals surface area contributed by atoms with Crippen LogP contribution in [-0.4, -0.2) is 48.1 Å². The molecule has 0 atom stereocenters. The number of piperazine rings is 1. The molecule has 0 amide bonds. The van der Waals surface area contributed by atoms with Crippen molar-refractivity contribution in [2.45, 2.75) is 0 Å². The summed E-state index contributed by atoms with van der Waals surface area (Å²) in [5, 5.41) is 5.85. The molecule has 3 aromatic carbocycles. The number of hydrogen-bond donors (Lipinski definition) is 1. The number of rotatable bonds is 4. The third-order valence-corrected chi connectivity index (χ3v) is 6.70. The van der Waals surface area contributed by atoms with Crippen LogP contribution < -0.4 is 10.2 Å². The molecule has 1 aliphatic heterocycles. The fourth-order valence-electron chi connectivity index (χ4n) is 4.74. The normalized spacial score (nSPS) is 14.6. The number of hydrogen-bond acceptors (Lipinski definition) is 5. The van der Waals surface area contributed by atoms with E-state index in [-0.39, 0.29) is 0 Å². The Hall–Kier alpha value is -3.96. The molecule has 2 aromatic heterocycles. The maximum Gasteiger partial charge on any atom is 0.0780 e. The van der Waals surface area contributed by atoms with Gasteiger partial charge in [-0.1, -0.05) is 30.3 Å². The minimum atomic E-state index is 0.969. The van der Waals surface area contributed by atoms with Crippen molar-refractivity contribution in [3.63, 3.8) is 0 Å². The predicted molar refractivity (Wildman–Crippen MR) is 142 cm³/mol. The molecule has 6 rings (SSSR count). The van der Waals surface area contributed by atoms with Crippen LogP contribution in [0.5, 0.6) is 0 Å². The van der Waals surface area contributed by atoms with E-state index in [0.717, 1.165) is 70.5 Å². The first-order valence-electron chi connectivity index (χ1n) is 11.8. The van der Waals surface area contributed by atoms with Gasteiger partial charge in [-0.05, 0) is 61.1 Å². The van der Waals surface area contributed by atoms with Gasteiger partial charge < -0.3 is 15.1 Å². The zero-order valence-corrected chi connectivity index (χ0v) is 19.3. The lowest BCUT2D eigenvalue weighted by Crippen LogP contribution is -2.44. The summed E-state index contributed by atoms with van der Waals surface area (Å²) in [6.07, 6.45) is 3.72. The molecule has 0 bridgehead atoms. The number of nitrogens with one attached hydrogen (secondary N) is 1. The predicted octanol–water partition coefficient (Wildman–Crippen LogP) is 5.95. The van der Waals surface area contributed by atoms with Gasteiger partial charge in [0.2, 0.25) is 0 Å². The Kier molecular flexibility index (Phi) is 5.32. The summed E-state index contributed by atoms with van der Waals surface area (Å²) in [6.45, 7) is 4.36. The van der Waals surface area contributed by atoms with Crippen molar-refractivity contribution in [1.82, 2.24) is 14.9 Å². The molecular formula is C29H27N5. The number of benzene rings is 3. The maximum atomic E-state index is 4.64. The first-order chi connectivity index (χ1) is 16.7. The Morgan fingerprint density at radius 1 is 0.765 bits per heavy atom. The molecule has 0 radical (unpaired) electrons. The molecule has 0 spiro atoms. The largest absolute Gasteiger partial charge is 0.369 e. The standard InChI is InChI=1S/C29H27N5/c1-33-16-18-34(19-17-33)24-10-8-23(9-11-24)32-28-13-15-30-27-12-7-22(20-26(27)28)25-6-2-4-21-5-3-14-31-29(21)25/h2-15,20H,16-19H2,1H3,(H,30,32). The minimum absolute atomic E-state index is 0.969. The van der Waals surface area contributed by atoms with Crippen LogP contribution in [0.1, 0.15) is 0 Å². The van der Waals surface area contributed by atoms with E-state index < -0.39 is 0 Å². The minimum Gasteiger partial charge on any atom is -0.369 e. The van der Waals surface area contributed by atoms with Gasteiger partial charge >= 0.3 is 0 Å². The lowest BCUT2D eigenvalue weighted by Gasteiger charge is -2.34. The van der Waals surface area contributed by atoms with Crippen LogP contribution in [0.3, 0.4) is 0 Å². The molecule has 1 N–H and O–H groups in total. The summed E-state index contributed by atoms with van der Waals surface area (Å²) < 4.78 is 0. The lowest BCUT2D eigenvalue weighted by atomic mass is 10.00. The summed E-state index contributed by atoms with van der Waals surface area (Å²) >= 11 is 0. The third-order valence-electron chi connectivity index (χ3n) is 6.70. The second-order valence-electron chi connectivity index (χ2n) is 8.93. The smallest absolute Gasteiger partial charge is 0.0780 e. The van der Waals surface area contributed by atoms with Crippen LogP contribution in [-0.2, 0) is 0 Å². The summed E-state index contributed by atoms with van der Waals surface area (Å²) in [4.78, 5) is 14.1. The second-order valence-corrected chi connectivity index (χ2v) is 8.93. The van der Waals surface area contributed by atoms with Gasteiger partial charge in [0.05, 0.1) is 11.0 Å². The van der Waals surface area contributed by atoms with Crippen LogP contribution in [0, 0.1) is 0 Å². The van der Waals surface area contributed by atoms with Crippen LogP contribution in [0.15, 0.2) is 91.3 Å². The van der Waals surface area contributed by atoms with Crippen LogP contribution >= 0.6 is 0 Å². The molecule has 5 aromatic rings. The fourth-order valence-corrected chi connectivity index (χ4v) is 4.74. The van der Waals surface area contributed by atoms with Gasteiger partial charge in [0.25, 0.3) is 0 Å². The van der Waals surface area contributed by atoms with Crippen LogP contribution in [0.25, 0.3) is 32.9 Å². The summed E-state index contributed by atoms with van der Waals surface area (Å²) in [6, 6.07) is 27.7. The van der Waals surface area contributed by atoms with Crippen molar-refractivity contribution >= 4 is 38.9 Å². The highest BCUT2D eigenvalue weighted by Crippen LogP contribution is 2.33. The molecular weight excluding hydrogens is 418 g/mol. The van der Waals surface area contributed by atoms with Crippen molar-refractivity contribution in [2.75, 3.05) is 43.4 Å². The number of para-hydroxylation sites is 1. The molecule has 0 saturated carbocycles. The Labute approximate surface area is 199 Å². The quantitative estimate of drug-likeness (QED) is 0.371. The van der Waals surface area contributed by atoms with Gasteiger partial charge in [0, 0.05) is 72.0 Å². The third kappa shape index (κ3) is 3.95. The zero-order valence-electron chi connectivity index (χ0n) is 19.3. The average molecular weight is 446 g/mol. The monoisotopic (exact) mass is 445 g/mol. The Bertz CT molecular complexity index is 1450.